The Morgan fingerprint density at radius 3 is 2.71 bits per heavy atom. The fourth-order valence-corrected chi connectivity index (χ4v) is 3.33. The van der Waals surface area contributed by atoms with Gasteiger partial charge in [0, 0.05) is 29.1 Å². The maximum Gasteiger partial charge on any atom is 0.273 e. The van der Waals surface area contributed by atoms with E-state index in [1.807, 2.05) is 0 Å². The molecular formula is C21H18ClFN2O2S. The number of benzene rings is 2. The summed E-state index contributed by atoms with van der Waals surface area (Å²) >= 11 is 7.19. The quantitative estimate of drug-likeness (QED) is 0.465. The fourth-order valence-electron chi connectivity index (χ4n) is 2.52. The van der Waals surface area contributed by atoms with Crippen molar-refractivity contribution in [3.63, 3.8) is 0 Å². The van der Waals surface area contributed by atoms with Gasteiger partial charge in [0.2, 0.25) is 0 Å². The van der Waals surface area contributed by atoms with Gasteiger partial charge >= 0.3 is 0 Å². The summed E-state index contributed by atoms with van der Waals surface area (Å²) in [5.74, 6) is 0.0390. The van der Waals surface area contributed by atoms with Gasteiger partial charge in [-0.05, 0) is 30.3 Å². The molecule has 0 unspecified atom stereocenters. The van der Waals surface area contributed by atoms with Crippen molar-refractivity contribution in [3.05, 3.63) is 93.7 Å². The molecule has 0 spiro atoms. The molecule has 28 heavy (non-hydrogen) atoms. The van der Waals surface area contributed by atoms with Gasteiger partial charge in [0.1, 0.15) is 28.9 Å². The monoisotopic (exact) mass is 416 g/mol. The molecule has 0 aliphatic carbocycles. The second-order valence-electron chi connectivity index (χ2n) is 5.93. The van der Waals surface area contributed by atoms with E-state index in [0.29, 0.717) is 33.6 Å². The molecule has 0 N–H and O–H groups in total. The van der Waals surface area contributed by atoms with Crippen molar-refractivity contribution >= 4 is 28.8 Å². The van der Waals surface area contributed by atoms with Crippen molar-refractivity contribution in [1.82, 2.24) is 9.88 Å². The second kappa shape index (κ2) is 9.48. The minimum atomic E-state index is -0.348. The zero-order valence-electron chi connectivity index (χ0n) is 15.0. The molecule has 2 aromatic carbocycles. The molecule has 1 amide bonds. The molecule has 0 aliphatic rings. The summed E-state index contributed by atoms with van der Waals surface area (Å²) in [6.45, 7) is 4.36. The standard InChI is InChI=1S/C21H18ClFN2O2S/c1-2-11-25(12-15-5-3-4-6-18(15)23)21(26)19-14-28-20(24-19)13-27-17-9-7-16(22)8-10-17/h2-10,14H,1,11-13H2. The number of nitrogens with zero attached hydrogens (tertiary/aromatic N) is 2. The molecule has 0 fully saturated rings. The summed E-state index contributed by atoms with van der Waals surface area (Å²) < 4.78 is 19.6. The Kier molecular flexibility index (Phi) is 6.79. The van der Waals surface area contributed by atoms with E-state index in [1.54, 1.807) is 53.9 Å². The Morgan fingerprint density at radius 2 is 2.00 bits per heavy atom. The lowest BCUT2D eigenvalue weighted by Crippen LogP contribution is -2.31. The molecule has 1 aromatic heterocycles. The van der Waals surface area contributed by atoms with E-state index in [-0.39, 0.29) is 24.9 Å². The number of aromatic nitrogens is 1. The van der Waals surface area contributed by atoms with E-state index >= 15 is 0 Å². The van der Waals surface area contributed by atoms with Crippen molar-refractivity contribution in [2.24, 2.45) is 0 Å². The fraction of sp³-hybridized carbons (Fsp3) is 0.143. The number of thiazole rings is 1. The maximum absolute atomic E-state index is 13.9. The van der Waals surface area contributed by atoms with Gasteiger partial charge in [0.05, 0.1) is 0 Å². The van der Waals surface area contributed by atoms with Crippen LogP contribution in [0.2, 0.25) is 5.02 Å². The maximum atomic E-state index is 13.9. The first-order valence-electron chi connectivity index (χ1n) is 8.53. The SMILES string of the molecule is C=CCN(Cc1ccccc1F)C(=O)c1csc(COc2ccc(Cl)cc2)n1. The highest BCUT2D eigenvalue weighted by Crippen LogP contribution is 2.19. The Labute approximate surface area is 171 Å². The van der Waals surface area contributed by atoms with E-state index in [9.17, 15) is 9.18 Å². The largest absolute Gasteiger partial charge is 0.486 e. The number of ether oxygens (including phenoxy) is 1. The van der Waals surface area contributed by atoms with Gasteiger partial charge in [0.15, 0.2) is 0 Å². The molecule has 7 heteroatoms. The number of halogens is 2. The number of rotatable bonds is 8. The van der Waals surface area contributed by atoms with Crippen molar-refractivity contribution < 1.29 is 13.9 Å². The molecule has 0 aliphatic heterocycles. The van der Waals surface area contributed by atoms with Crippen molar-refractivity contribution in [2.75, 3.05) is 6.54 Å². The van der Waals surface area contributed by atoms with Gasteiger partial charge < -0.3 is 9.64 Å². The van der Waals surface area contributed by atoms with Crippen LogP contribution in [0.25, 0.3) is 0 Å². The van der Waals surface area contributed by atoms with Gasteiger partial charge in [-0.25, -0.2) is 9.37 Å². The van der Waals surface area contributed by atoms with Gasteiger partial charge in [-0.15, -0.1) is 17.9 Å². The number of carbonyl (C=O) groups excluding carboxylic acids is 1. The Hall–Kier alpha value is -2.70. The summed E-state index contributed by atoms with van der Waals surface area (Å²) in [5.41, 5.74) is 0.747. The number of carbonyl (C=O) groups is 1. The molecule has 144 valence electrons. The predicted molar refractivity (Wildman–Crippen MR) is 109 cm³/mol. The summed E-state index contributed by atoms with van der Waals surface area (Å²) in [6.07, 6.45) is 1.61. The summed E-state index contributed by atoms with van der Waals surface area (Å²) in [4.78, 5) is 18.7. The third-order valence-corrected chi connectivity index (χ3v) is 4.98. The average molecular weight is 417 g/mol. The van der Waals surface area contributed by atoms with Crippen LogP contribution in [0.5, 0.6) is 5.75 Å². The van der Waals surface area contributed by atoms with Crippen LogP contribution >= 0.6 is 22.9 Å². The minimum Gasteiger partial charge on any atom is -0.486 e. The van der Waals surface area contributed by atoms with Crippen LogP contribution in [0.1, 0.15) is 21.1 Å². The Morgan fingerprint density at radius 1 is 1.25 bits per heavy atom. The summed E-state index contributed by atoms with van der Waals surface area (Å²) in [6, 6.07) is 13.4. The molecule has 0 radical (unpaired) electrons. The molecule has 3 aromatic rings. The second-order valence-corrected chi connectivity index (χ2v) is 7.31. The zero-order chi connectivity index (χ0) is 19.9. The first-order chi connectivity index (χ1) is 13.6. The van der Waals surface area contributed by atoms with Crippen LogP contribution in [0, 0.1) is 5.82 Å². The number of hydrogen-bond donors (Lipinski definition) is 0. The highest BCUT2D eigenvalue weighted by atomic mass is 35.5. The van der Waals surface area contributed by atoms with E-state index in [2.05, 4.69) is 11.6 Å². The molecule has 4 nitrogen and oxygen atoms in total. The van der Waals surface area contributed by atoms with E-state index in [0.717, 1.165) is 0 Å². The lowest BCUT2D eigenvalue weighted by Gasteiger charge is -2.20. The Bertz CT molecular complexity index is 959. The number of amides is 1. The first-order valence-corrected chi connectivity index (χ1v) is 9.79. The van der Waals surface area contributed by atoms with Gasteiger partial charge in [-0.2, -0.15) is 0 Å². The molecule has 0 saturated heterocycles. The first kappa shape index (κ1) is 20.0. The highest BCUT2D eigenvalue weighted by Gasteiger charge is 2.19. The van der Waals surface area contributed by atoms with E-state index < -0.39 is 0 Å². The molecule has 0 saturated carbocycles. The lowest BCUT2D eigenvalue weighted by atomic mass is 10.2. The molecule has 3 rings (SSSR count). The van der Waals surface area contributed by atoms with Crippen LogP contribution in [0.4, 0.5) is 4.39 Å². The summed E-state index contributed by atoms with van der Waals surface area (Å²) in [5, 5.41) is 2.98. The molecule has 0 atom stereocenters. The van der Waals surface area contributed by atoms with Crippen molar-refractivity contribution in [2.45, 2.75) is 13.2 Å². The third kappa shape index (κ3) is 5.18. The highest BCUT2D eigenvalue weighted by molar-refractivity contribution is 7.09. The summed E-state index contributed by atoms with van der Waals surface area (Å²) in [7, 11) is 0. The van der Waals surface area contributed by atoms with Crippen molar-refractivity contribution in [1.29, 1.82) is 0 Å². The van der Waals surface area contributed by atoms with Crippen LogP contribution in [0.3, 0.4) is 0 Å². The lowest BCUT2D eigenvalue weighted by molar-refractivity contribution is 0.0756. The van der Waals surface area contributed by atoms with Crippen LogP contribution in [-0.4, -0.2) is 22.3 Å². The predicted octanol–water partition coefficient (Wildman–Crippen LogP) is 5.34. The zero-order valence-corrected chi connectivity index (χ0v) is 16.5. The van der Waals surface area contributed by atoms with E-state index in [1.165, 1.54) is 22.3 Å². The van der Waals surface area contributed by atoms with Crippen molar-refractivity contribution in [3.8, 4) is 5.75 Å². The van der Waals surface area contributed by atoms with Gasteiger partial charge in [-0.3, -0.25) is 4.79 Å². The van der Waals surface area contributed by atoms with Crippen LogP contribution in [0.15, 0.2) is 66.6 Å². The Balaban J connectivity index is 1.67. The van der Waals surface area contributed by atoms with Crippen LogP contribution < -0.4 is 4.74 Å². The minimum absolute atomic E-state index is 0.145. The molecular weight excluding hydrogens is 399 g/mol. The average Bonchev–Trinajstić information content (AvgIpc) is 3.17. The molecule has 0 bridgehead atoms. The van der Waals surface area contributed by atoms with Gasteiger partial charge in [0.25, 0.3) is 5.91 Å². The number of hydrogen-bond acceptors (Lipinski definition) is 4. The normalized spacial score (nSPS) is 10.5. The van der Waals surface area contributed by atoms with Crippen LogP contribution in [-0.2, 0) is 13.2 Å². The van der Waals surface area contributed by atoms with E-state index in [4.69, 9.17) is 16.3 Å². The molecule has 1 heterocycles. The topological polar surface area (TPSA) is 42.4 Å². The van der Waals surface area contributed by atoms with Gasteiger partial charge in [-0.1, -0.05) is 35.9 Å². The third-order valence-electron chi connectivity index (χ3n) is 3.90. The smallest absolute Gasteiger partial charge is 0.273 e.